The third-order valence-corrected chi connectivity index (χ3v) is 5.19. The van der Waals surface area contributed by atoms with Crippen molar-refractivity contribution in [3.63, 3.8) is 0 Å². The highest BCUT2D eigenvalue weighted by Crippen LogP contribution is 2.40. The van der Waals surface area contributed by atoms with Gasteiger partial charge in [0.2, 0.25) is 0 Å². The molecule has 1 atom stereocenters. The van der Waals surface area contributed by atoms with E-state index in [9.17, 15) is 9.59 Å². The molecule has 2 aromatic heterocycles. The second-order valence-corrected chi connectivity index (χ2v) is 6.80. The summed E-state index contributed by atoms with van der Waals surface area (Å²) in [6.45, 7) is 0. The second kappa shape index (κ2) is 6.09. The van der Waals surface area contributed by atoms with Crippen LogP contribution in [-0.4, -0.2) is 0 Å². The number of fused-ring (bicyclic) bond motifs is 2. The summed E-state index contributed by atoms with van der Waals surface area (Å²) in [6, 6.07) is 18.6. The molecule has 0 bridgehead atoms. The number of para-hydroxylation sites is 2. The third-order valence-electron chi connectivity index (χ3n) is 5.19. The molecule has 5 rings (SSSR count). The van der Waals surface area contributed by atoms with Gasteiger partial charge in [0.05, 0.1) is 5.56 Å². The number of rotatable bonds is 2. The number of hydrogen-bond acceptors (Lipinski definition) is 4. The van der Waals surface area contributed by atoms with Crippen molar-refractivity contribution in [1.82, 2.24) is 0 Å². The molecule has 4 heteroatoms. The first-order chi connectivity index (χ1) is 13.2. The first-order valence-electron chi connectivity index (χ1n) is 8.97. The van der Waals surface area contributed by atoms with Crippen molar-refractivity contribution in [2.45, 2.75) is 18.8 Å². The van der Waals surface area contributed by atoms with Gasteiger partial charge in [0.15, 0.2) is 0 Å². The van der Waals surface area contributed by atoms with Crippen molar-refractivity contribution < 1.29 is 8.83 Å². The molecule has 4 nitrogen and oxygen atoms in total. The van der Waals surface area contributed by atoms with Crippen molar-refractivity contribution in [1.29, 1.82) is 0 Å². The van der Waals surface area contributed by atoms with Crippen molar-refractivity contribution in [3.8, 4) is 0 Å². The maximum Gasteiger partial charge on any atom is 0.343 e. The Morgan fingerprint density at radius 3 is 2.15 bits per heavy atom. The van der Waals surface area contributed by atoms with Crippen LogP contribution in [0.25, 0.3) is 27.5 Å². The third kappa shape index (κ3) is 2.61. The number of allylic oxidation sites excluding steroid dienone is 2. The van der Waals surface area contributed by atoms with Gasteiger partial charge in [-0.25, -0.2) is 9.59 Å². The smallest absolute Gasteiger partial charge is 0.343 e. The number of benzene rings is 2. The van der Waals surface area contributed by atoms with Gasteiger partial charge in [0.25, 0.3) is 0 Å². The molecule has 1 aliphatic rings. The molecule has 1 unspecified atom stereocenters. The van der Waals surface area contributed by atoms with Gasteiger partial charge >= 0.3 is 11.3 Å². The molecule has 0 N–H and O–H groups in total. The lowest BCUT2D eigenvalue weighted by molar-refractivity contribution is 0.543. The molecule has 1 aliphatic carbocycles. The van der Waals surface area contributed by atoms with Crippen molar-refractivity contribution in [2.24, 2.45) is 0 Å². The standard InChI is InChI=1S/C23H16O4/c24-22-18(12-14-6-1-3-10-20(14)26-22)16-8-5-9-17(16)19-13-15-7-2-4-11-21(15)27-23(19)25/h1-4,6-8,10-13,17H,5,9H2. The van der Waals surface area contributed by atoms with Crippen LogP contribution in [-0.2, 0) is 0 Å². The Hall–Kier alpha value is -3.40. The minimum atomic E-state index is -0.378. The highest BCUT2D eigenvalue weighted by molar-refractivity contribution is 5.83. The Morgan fingerprint density at radius 2 is 1.41 bits per heavy atom. The van der Waals surface area contributed by atoms with Crippen LogP contribution in [0.5, 0.6) is 0 Å². The van der Waals surface area contributed by atoms with E-state index in [1.54, 1.807) is 12.1 Å². The van der Waals surface area contributed by atoms with E-state index < -0.39 is 0 Å². The van der Waals surface area contributed by atoms with Crippen LogP contribution in [0.1, 0.15) is 29.9 Å². The molecule has 0 radical (unpaired) electrons. The summed E-state index contributed by atoms with van der Waals surface area (Å²) in [4.78, 5) is 25.2. The zero-order chi connectivity index (χ0) is 18.4. The fourth-order valence-corrected chi connectivity index (χ4v) is 3.91. The van der Waals surface area contributed by atoms with E-state index in [1.165, 1.54) is 0 Å². The maximum atomic E-state index is 12.6. The average Bonchev–Trinajstić information content (AvgIpc) is 3.16. The van der Waals surface area contributed by atoms with Gasteiger partial charge in [-0.3, -0.25) is 0 Å². The van der Waals surface area contributed by atoms with E-state index in [2.05, 4.69) is 0 Å². The molecule has 4 aromatic rings. The van der Waals surface area contributed by atoms with Crippen LogP contribution in [0.2, 0.25) is 0 Å². The van der Waals surface area contributed by atoms with Crippen LogP contribution in [0, 0.1) is 0 Å². The highest BCUT2D eigenvalue weighted by Gasteiger charge is 2.28. The molecule has 0 spiro atoms. The van der Waals surface area contributed by atoms with Gasteiger partial charge < -0.3 is 8.83 Å². The summed E-state index contributed by atoms with van der Waals surface area (Å²) in [6.07, 6.45) is 3.60. The molecule has 2 heterocycles. The lowest BCUT2D eigenvalue weighted by atomic mass is 9.89. The molecule has 27 heavy (non-hydrogen) atoms. The van der Waals surface area contributed by atoms with Gasteiger partial charge in [-0.2, -0.15) is 0 Å². The number of hydrogen-bond donors (Lipinski definition) is 0. The SMILES string of the molecule is O=c1oc2ccccc2cc1C1=CCCC1c1cc2ccccc2oc1=O. The van der Waals surface area contributed by atoms with Gasteiger partial charge in [-0.15, -0.1) is 0 Å². The molecule has 0 aliphatic heterocycles. The predicted octanol–water partition coefficient (Wildman–Crippen LogP) is 4.86. The summed E-state index contributed by atoms with van der Waals surface area (Å²) in [5.74, 6) is -0.171. The minimum Gasteiger partial charge on any atom is -0.423 e. The molecular formula is C23H16O4. The van der Waals surface area contributed by atoms with Crippen molar-refractivity contribution in [2.75, 3.05) is 0 Å². The van der Waals surface area contributed by atoms with E-state index in [4.69, 9.17) is 8.83 Å². The Labute approximate surface area is 154 Å². The lowest BCUT2D eigenvalue weighted by Crippen LogP contribution is -2.15. The largest absolute Gasteiger partial charge is 0.423 e. The minimum absolute atomic E-state index is 0.171. The van der Waals surface area contributed by atoms with Gasteiger partial charge in [0, 0.05) is 22.3 Å². The fraction of sp³-hybridized carbons (Fsp3) is 0.130. The lowest BCUT2D eigenvalue weighted by Gasteiger charge is -2.14. The first-order valence-corrected chi connectivity index (χ1v) is 8.97. The van der Waals surface area contributed by atoms with E-state index in [0.717, 1.165) is 29.2 Å². The Kier molecular flexibility index (Phi) is 3.57. The highest BCUT2D eigenvalue weighted by atomic mass is 16.4. The molecule has 0 fully saturated rings. The van der Waals surface area contributed by atoms with Crippen molar-refractivity contribution >= 4 is 27.5 Å². The quantitative estimate of drug-likeness (QED) is 0.481. The molecule has 0 saturated carbocycles. The van der Waals surface area contributed by atoms with Gasteiger partial charge in [0.1, 0.15) is 11.2 Å². The molecule has 2 aromatic carbocycles. The molecule has 0 amide bonds. The second-order valence-electron chi connectivity index (χ2n) is 6.80. The normalized spacial score (nSPS) is 16.7. The first kappa shape index (κ1) is 15.8. The molecule has 0 saturated heterocycles. The Morgan fingerprint density at radius 1 is 0.778 bits per heavy atom. The van der Waals surface area contributed by atoms with Crippen LogP contribution in [0.15, 0.2) is 85.2 Å². The summed E-state index contributed by atoms with van der Waals surface area (Å²) in [5, 5.41) is 1.74. The van der Waals surface area contributed by atoms with Crippen LogP contribution in [0.4, 0.5) is 0 Å². The Balaban J connectivity index is 1.66. The van der Waals surface area contributed by atoms with Gasteiger partial charge in [-0.1, -0.05) is 42.5 Å². The monoisotopic (exact) mass is 356 g/mol. The zero-order valence-electron chi connectivity index (χ0n) is 14.5. The van der Waals surface area contributed by atoms with Gasteiger partial charge in [-0.05, 0) is 42.7 Å². The van der Waals surface area contributed by atoms with Crippen LogP contribution >= 0.6 is 0 Å². The van der Waals surface area contributed by atoms with Crippen molar-refractivity contribution in [3.05, 3.63) is 98.7 Å². The van der Waals surface area contributed by atoms with Crippen LogP contribution in [0.3, 0.4) is 0 Å². The van der Waals surface area contributed by atoms with E-state index in [-0.39, 0.29) is 17.2 Å². The summed E-state index contributed by atoms with van der Waals surface area (Å²) in [5.41, 5.74) is 2.35. The zero-order valence-corrected chi connectivity index (χ0v) is 14.5. The maximum absolute atomic E-state index is 12.6. The fourth-order valence-electron chi connectivity index (χ4n) is 3.91. The summed E-state index contributed by atoms with van der Waals surface area (Å²) >= 11 is 0. The average molecular weight is 356 g/mol. The Bertz CT molecular complexity index is 1320. The van der Waals surface area contributed by atoms with E-state index >= 15 is 0 Å². The van der Waals surface area contributed by atoms with E-state index in [0.29, 0.717) is 22.3 Å². The van der Waals surface area contributed by atoms with E-state index in [1.807, 2.05) is 54.6 Å². The summed E-state index contributed by atoms with van der Waals surface area (Å²) < 4.78 is 11.0. The predicted molar refractivity (Wildman–Crippen MR) is 105 cm³/mol. The summed E-state index contributed by atoms with van der Waals surface area (Å²) in [7, 11) is 0. The topological polar surface area (TPSA) is 60.4 Å². The molecule has 132 valence electrons. The molecular weight excluding hydrogens is 340 g/mol. The van der Waals surface area contributed by atoms with Crippen LogP contribution < -0.4 is 11.3 Å².